The van der Waals surface area contributed by atoms with Crippen molar-refractivity contribution in [3.8, 4) is 11.3 Å². The Hall–Kier alpha value is -3.75. The second-order valence-electron chi connectivity index (χ2n) is 9.22. The van der Waals surface area contributed by atoms with Crippen LogP contribution in [-0.4, -0.2) is 38.8 Å². The molecule has 5 N–H and O–H groups in total. The molecule has 0 bridgehead atoms. The number of hydrogen-bond donors (Lipinski definition) is 5. The van der Waals surface area contributed by atoms with Crippen molar-refractivity contribution in [1.82, 2.24) is 30.6 Å². The van der Waals surface area contributed by atoms with Crippen LogP contribution in [0.2, 0.25) is 0 Å². The summed E-state index contributed by atoms with van der Waals surface area (Å²) in [4.78, 5) is 29.1. The van der Waals surface area contributed by atoms with E-state index in [0.717, 1.165) is 66.6 Å². The van der Waals surface area contributed by atoms with Crippen LogP contribution in [0.25, 0.3) is 11.3 Å². The lowest BCUT2D eigenvalue weighted by Gasteiger charge is -2.11. The maximum absolute atomic E-state index is 13.3. The van der Waals surface area contributed by atoms with Gasteiger partial charge in [0, 0.05) is 34.9 Å². The van der Waals surface area contributed by atoms with E-state index in [0.29, 0.717) is 17.3 Å². The highest BCUT2D eigenvalue weighted by Gasteiger charge is 2.23. The molecule has 2 aromatic carbocycles. The first kappa shape index (κ1) is 21.8. The van der Waals surface area contributed by atoms with E-state index in [-0.39, 0.29) is 11.8 Å². The monoisotopic (exact) mass is 467 g/mol. The molecular weight excluding hydrogens is 438 g/mol. The number of para-hydroxylation sites is 1. The molecule has 2 atom stereocenters. The fourth-order valence-corrected chi connectivity index (χ4v) is 4.94. The molecule has 0 spiro atoms. The normalized spacial score (nSPS) is 19.8. The lowest BCUT2D eigenvalue weighted by atomic mass is 10.1. The maximum atomic E-state index is 13.3. The van der Waals surface area contributed by atoms with E-state index in [9.17, 15) is 4.79 Å². The molecule has 35 heavy (non-hydrogen) atoms. The van der Waals surface area contributed by atoms with Gasteiger partial charge in [-0.1, -0.05) is 24.3 Å². The van der Waals surface area contributed by atoms with Crippen molar-refractivity contribution >= 4 is 17.2 Å². The number of rotatable bonds is 7. The molecule has 2 saturated heterocycles. The molecule has 8 heteroatoms. The fraction of sp³-hybridized carbons (Fsp3) is 0.296. The Kier molecular flexibility index (Phi) is 5.89. The van der Waals surface area contributed by atoms with E-state index in [1.54, 1.807) is 6.20 Å². The lowest BCUT2D eigenvalue weighted by molar-refractivity contribution is 0.103. The number of carbonyl (C=O) groups excluding carboxylic acids is 1. The molecule has 178 valence electrons. The van der Waals surface area contributed by atoms with Crippen LogP contribution in [0.1, 0.15) is 65.5 Å². The molecule has 4 heterocycles. The van der Waals surface area contributed by atoms with Gasteiger partial charge >= 0.3 is 0 Å². The molecule has 2 aromatic heterocycles. The molecule has 0 unspecified atom stereocenters. The van der Waals surface area contributed by atoms with Crippen molar-refractivity contribution in [2.45, 2.75) is 37.8 Å². The molecule has 0 amide bonds. The van der Waals surface area contributed by atoms with Gasteiger partial charge in [-0.15, -0.1) is 0 Å². The van der Waals surface area contributed by atoms with E-state index in [4.69, 9.17) is 4.98 Å². The first-order valence-corrected chi connectivity index (χ1v) is 12.3. The maximum Gasteiger partial charge on any atom is 0.215 e. The first-order chi connectivity index (χ1) is 17.2. The zero-order valence-electron chi connectivity index (χ0n) is 19.5. The van der Waals surface area contributed by atoms with Crippen molar-refractivity contribution in [2.24, 2.45) is 0 Å². The molecule has 0 aliphatic carbocycles. The SMILES string of the molecule is O=C(c1c[nH]c([C@@H]2CCCN2)n1)c1ccccc1Nc1ccc(-c2c[nH]c([C@@H]3CCCN3)n2)cc1. The Bertz CT molecular complexity index is 1310. The molecule has 2 aliphatic heterocycles. The minimum atomic E-state index is -0.102. The van der Waals surface area contributed by atoms with Gasteiger partial charge in [0.2, 0.25) is 5.78 Å². The molecule has 0 radical (unpaired) electrons. The van der Waals surface area contributed by atoms with Crippen LogP contribution in [0.5, 0.6) is 0 Å². The minimum absolute atomic E-state index is 0.102. The number of imidazole rings is 2. The zero-order valence-corrected chi connectivity index (χ0v) is 19.5. The highest BCUT2D eigenvalue weighted by molar-refractivity contribution is 6.11. The van der Waals surface area contributed by atoms with Crippen molar-refractivity contribution in [3.05, 3.63) is 83.8 Å². The van der Waals surface area contributed by atoms with Crippen molar-refractivity contribution in [1.29, 1.82) is 0 Å². The third-order valence-electron chi connectivity index (χ3n) is 6.84. The van der Waals surface area contributed by atoms with Gasteiger partial charge < -0.3 is 25.9 Å². The number of aromatic nitrogens is 4. The standard InChI is InChI=1S/C27H29N7O/c35-25(24-16-31-27(34-24)22-8-4-14-29-22)19-5-1-2-6-20(19)32-18-11-9-17(10-12-18)23-15-30-26(33-23)21-7-3-13-28-21/h1-2,5-6,9-12,15-16,21-22,28-29,32H,3-4,7-8,13-14H2,(H,30,33)(H,31,34)/t21-,22-/m0/s1. The van der Waals surface area contributed by atoms with Gasteiger partial charge in [-0.2, -0.15) is 0 Å². The topological polar surface area (TPSA) is 111 Å². The van der Waals surface area contributed by atoms with Gasteiger partial charge in [-0.25, -0.2) is 9.97 Å². The summed E-state index contributed by atoms with van der Waals surface area (Å²) in [5, 5.41) is 10.3. The van der Waals surface area contributed by atoms with Gasteiger partial charge in [0.05, 0.1) is 17.8 Å². The molecular formula is C27H29N7O. The Morgan fingerprint density at radius 2 is 1.51 bits per heavy atom. The number of H-pyrrole nitrogens is 2. The van der Waals surface area contributed by atoms with Crippen molar-refractivity contribution < 1.29 is 4.79 Å². The minimum Gasteiger partial charge on any atom is -0.355 e. The van der Waals surface area contributed by atoms with E-state index in [1.165, 1.54) is 6.42 Å². The summed E-state index contributed by atoms with van der Waals surface area (Å²) < 4.78 is 0. The number of anilines is 2. The Morgan fingerprint density at radius 1 is 0.829 bits per heavy atom. The third kappa shape index (κ3) is 4.50. The van der Waals surface area contributed by atoms with Crippen molar-refractivity contribution in [2.75, 3.05) is 18.4 Å². The predicted molar refractivity (Wildman–Crippen MR) is 136 cm³/mol. The number of nitrogens with one attached hydrogen (secondary N) is 5. The number of benzene rings is 2. The second-order valence-corrected chi connectivity index (χ2v) is 9.22. The van der Waals surface area contributed by atoms with Crippen molar-refractivity contribution in [3.63, 3.8) is 0 Å². The number of ketones is 1. The number of hydrogen-bond acceptors (Lipinski definition) is 6. The van der Waals surface area contributed by atoms with Gasteiger partial charge in [0.1, 0.15) is 17.3 Å². The van der Waals surface area contributed by atoms with Crippen LogP contribution >= 0.6 is 0 Å². The summed E-state index contributed by atoms with van der Waals surface area (Å²) in [6.07, 6.45) is 8.13. The summed E-state index contributed by atoms with van der Waals surface area (Å²) in [6, 6.07) is 16.2. The summed E-state index contributed by atoms with van der Waals surface area (Å²) in [6.45, 7) is 2.03. The van der Waals surface area contributed by atoms with Gasteiger partial charge in [-0.05, 0) is 63.0 Å². The summed E-state index contributed by atoms with van der Waals surface area (Å²) in [5.74, 6) is 1.73. The fourth-order valence-electron chi connectivity index (χ4n) is 4.94. The van der Waals surface area contributed by atoms with Gasteiger partial charge in [-0.3, -0.25) is 4.79 Å². The van der Waals surface area contributed by atoms with Crippen LogP contribution in [0.3, 0.4) is 0 Å². The van der Waals surface area contributed by atoms with Gasteiger partial charge in [0.15, 0.2) is 0 Å². The molecule has 4 aromatic rings. The Balaban J connectivity index is 1.18. The third-order valence-corrected chi connectivity index (χ3v) is 6.84. The average Bonchev–Trinajstić information content (AvgIpc) is 3.71. The molecule has 6 rings (SSSR count). The summed E-state index contributed by atoms with van der Waals surface area (Å²) >= 11 is 0. The lowest BCUT2D eigenvalue weighted by Crippen LogP contribution is -2.14. The smallest absolute Gasteiger partial charge is 0.215 e. The first-order valence-electron chi connectivity index (χ1n) is 12.3. The van der Waals surface area contributed by atoms with E-state index in [1.807, 2.05) is 54.7 Å². The zero-order chi connectivity index (χ0) is 23.6. The molecule has 2 aliphatic rings. The van der Waals surface area contributed by atoms with E-state index < -0.39 is 0 Å². The number of carbonyl (C=O) groups is 1. The number of aromatic amines is 2. The average molecular weight is 468 g/mol. The predicted octanol–water partition coefficient (Wildman–Crippen LogP) is 4.62. The van der Waals surface area contributed by atoms with Crippen LogP contribution in [0, 0.1) is 0 Å². The van der Waals surface area contributed by atoms with Crippen LogP contribution in [-0.2, 0) is 0 Å². The summed E-state index contributed by atoms with van der Waals surface area (Å²) in [7, 11) is 0. The Morgan fingerprint density at radius 3 is 2.23 bits per heavy atom. The molecule has 2 fully saturated rings. The molecule has 8 nitrogen and oxygen atoms in total. The van der Waals surface area contributed by atoms with E-state index >= 15 is 0 Å². The second kappa shape index (κ2) is 9.48. The quantitative estimate of drug-likeness (QED) is 0.254. The van der Waals surface area contributed by atoms with Crippen LogP contribution in [0.4, 0.5) is 11.4 Å². The van der Waals surface area contributed by atoms with E-state index in [2.05, 4.69) is 30.9 Å². The highest BCUT2D eigenvalue weighted by Crippen LogP contribution is 2.28. The van der Waals surface area contributed by atoms with Crippen LogP contribution in [0.15, 0.2) is 60.9 Å². The molecule has 0 saturated carbocycles. The Labute approximate surface area is 204 Å². The van der Waals surface area contributed by atoms with Crippen LogP contribution < -0.4 is 16.0 Å². The largest absolute Gasteiger partial charge is 0.355 e. The van der Waals surface area contributed by atoms with Gasteiger partial charge in [0.25, 0.3) is 0 Å². The summed E-state index contributed by atoms with van der Waals surface area (Å²) in [5.41, 5.74) is 4.66. The number of nitrogens with zero attached hydrogens (tertiary/aromatic N) is 2. The highest BCUT2D eigenvalue weighted by atomic mass is 16.1.